The van der Waals surface area contributed by atoms with Crippen LogP contribution in [0.1, 0.15) is 0 Å². The fraction of sp³-hybridized carbons (Fsp3) is 0.208. The first kappa shape index (κ1) is 23.2. The highest BCUT2D eigenvalue weighted by Gasteiger charge is 2.16. The maximum Gasteiger partial charge on any atom is 0.261 e. The summed E-state index contributed by atoms with van der Waals surface area (Å²) in [5.74, 6) is -0.0187. The molecule has 4 rings (SSSR count). The Morgan fingerprint density at radius 1 is 0.909 bits per heavy atom. The van der Waals surface area contributed by atoms with Gasteiger partial charge in [0.25, 0.3) is 10.0 Å². The second kappa shape index (κ2) is 10.7. The lowest BCUT2D eigenvalue weighted by Gasteiger charge is -2.28. The van der Waals surface area contributed by atoms with Gasteiger partial charge in [0.05, 0.1) is 29.5 Å². The van der Waals surface area contributed by atoms with Gasteiger partial charge in [0.15, 0.2) is 0 Å². The predicted octanol–water partition coefficient (Wildman–Crippen LogP) is 4.05. The van der Waals surface area contributed by atoms with E-state index < -0.39 is 10.0 Å². The molecule has 172 valence electrons. The average Bonchev–Trinajstić information content (AvgIpc) is 2.85. The lowest BCUT2D eigenvalue weighted by atomic mass is 10.2. The number of carbonyl (C=O) groups is 1. The molecular formula is C24H25N3O4S2. The molecule has 1 fully saturated rings. The van der Waals surface area contributed by atoms with Crippen LogP contribution in [-0.2, 0) is 19.6 Å². The predicted molar refractivity (Wildman–Crippen MR) is 133 cm³/mol. The van der Waals surface area contributed by atoms with Crippen molar-refractivity contribution in [2.24, 2.45) is 0 Å². The molecule has 0 aromatic heterocycles. The molecule has 7 nitrogen and oxygen atoms in total. The van der Waals surface area contributed by atoms with E-state index >= 15 is 0 Å². The second-order valence-corrected chi connectivity index (χ2v) is 10.1. The third-order valence-corrected chi connectivity index (χ3v) is 7.53. The van der Waals surface area contributed by atoms with Crippen molar-refractivity contribution < 1.29 is 17.9 Å². The lowest BCUT2D eigenvalue weighted by Crippen LogP contribution is -2.36. The number of amides is 1. The number of anilines is 3. The van der Waals surface area contributed by atoms with Crippen molar-refractivity contribution in [3.05, 3.63) is 78.9 Å². The molecule has 0 unspecified atom stereocenters. The largest absolute Gasteiger partial charge is 0.378 e. The summed E-state index contributed by atoms with van der Waals surface area (Å²) in [5.41, 5.74) is 2.26. The molecule has 2 N–H and O–H groups in total. The standard InChI is InChI=1S/C24H25N3O4S2/c28-24(25-19-10-12-20(13-11-19)27-14-16-31-17-15-27)18-32-23-9-5-4-8-22(23)26-33(29,30)21-6-2-1-3-7-21/h1-13,26H,14-18H2,(H,25,28). The van der Waals surface area contributed by atoms with Crippen LogP contribution in [-0.4, -0.2) is 46.4 Å². The molecule has 0 spiro atoms. The molecule has 9 heteroatoms. The molecule has 0 saturated carbocycles. The Kier molecular flexibility index (Phi) is 7.54. The zero-order chi connectivity index (χ0) is 23.1. The zero-order valence-electron chi connectivity index (χ0n) is 17.9. The molecule has 0 radical (unpaired) electrons. The van der Waals surface area contributed by atoms with Crippen molar-refractivity contribution in [3.63, 3.8) is 0 Å². The Morgan fingerprint density at radius 2 is 1.58 bits per heavy atom. The molecule has 1 amide bonds. The third kappa shape index (κ3) is 6.28. The first-order chi connectivity index (χ1) is 16.0. The minimum Gasteiger partial charge on any atom is -0.378 e. The van der Waals surface area contributed by atoms with E-state index in [2.05, 4.69) is 14.9 Å². The average molecular weight is 484 g/mol. The number of thioether (sulfide) groups is 1. The van der Waals surface area contributed by atoms with Crippen LogP contribution in [0.4, 0.5) is 17.1 Å². The Morgan fingerprint density at radius 3 is 2.30 bits per heavy atom. The van der Waals surface area contributed by atoms with Crippen molar-refractivity contribution in [3.8, 4) is 0 Å². The summed E-state index contributed by atoms with van der Waals surface area (Å²) in [6, 6.07) is 23.0. The Balaban J connectivity index is 1.35. The van der Waals surface area contributed by atoms with Crippen LogP contribution in [0.15, 0.2) is 88.7 Å². The summed E-state index contributed by atoms with van der Waals surface area (Å²) >= 11 is 1.28. The maximum absolute atomic E-state index is 12.7. The third-order valence-electron chi connectivity index (χ3n) is 5.07. The minimum absolute atomic E-state index is 0.148. The van der Waals surface area contributed by atoms with Crippen molar-refractivity contribution in [1.82, 2.24) is 0 Å². The van der Waals surface area contributed by atoms with Crippen LogP contribution in [0.3, 0.4) is 0 Å². The summed E-state index contributed by atoms with van der Waals surface area (Å²) < 4.78 is 33.3. The number of ether oxygens (including phenoxy) is 1. The number of sulfonamides is 1. The first-order valence-electron chi connectivity index (χ1n) is 10.5. The number of morpholine rings is 1. The van der Waals surface area contributed by atoms with Gasteiger partial charge < -0.3 is 15.0 Å². The highest BCUT2D eigenvalue weighted by molar-refractivity contribution is 8.00. The van der Waals surface area contributed by atoms with E-state index in [0.717, 1.165) is 37.7 Å². The summed E-state index contributed by atoms with van der Waals surface area (Å²) in [5, 5.41) is 2.89. The number of rotatable bonds is 8. The van der Waals surface area contributed by atoms with E-state index in [1.165, 1.54) is 23.9 Å². The SMILES string of the molecule is O=C(CSc1ccccc1NS(=O)(=O)c1ccccc1)Nc1ccc(N2CCOCC2)cc1. The molecular weight excluding hydrogens is 458 g/mol. The molecule has 1 saturated heterocycles. The smallest absolute Gasteiger partial charge is 0.261 e. The van der Waals surface area contributed by atoms with E-state index in [9.17, 15) is 13.2 Å². The quantitative estimate of drug-likeness (QED) is 0.470. The van der Waals surface area contributed by atoms with E-state index in [4.69, 9.17) is 4.74 Å². The number of hydrogen-bond acceptors (Lipinski definition) is 6. The summed E-state index contributed by atoms with van der Waals surface area (Å²) in [6.07, 6.45) is 0. The molecule has 0 aliphatic carbocycles. The Hall–Kier alpha value is -3.01. The van der Waals surface area contributed by atoms with Crippen LogP contribution in [0.2, 0.25) is 0 Å². The number of benzene rings is 3. The second-order valence-electron chi connectivity index (χ2n) is 7.40. The summed E-state index contributed by atoms with van der Waals surface area (Å²) in [4.78, 5) is 15.6. The van der Waals surface area contributed by atoms with E-state index in [1.54, 1.807) is 36.4 Å². The molecule has 3 aromatic rings. The highest BCUT2D eigenvalue weighted by atomic mass is 32.2. The molecule has 0 atom stereocenters. The van der Waals surface area contributed by atoms with Gasteiger partial charge in [0, 0.05) is 29.4 Å². The number of nitrogens with zero attached hydrogens (tertiary/aromatic N) is 1. The molecule has 1 aliphatic heterocycles. The van der Waals surface area contributed by atoms with Crippen LogP contribution < -0.4 is 14.9 Å². The van der Waals surface area contributed by atoms with E-state index in [0.29, 0.717) is 10.6 Å². The number of para-hydroxylation sites is 1. The van der Waals surface area contributed by atoms with Crippen molar-refractivity contribution in [1.29, 1.82) is 0 Å². The minimum atomic E-state index is -3.71. The fourth-order valence-corrected chi connectivity index (χ4v) is 5.37. The molecule has 3 aromatic carbocycles. The van der Waals surface area contributed by atoms with Gasteiger partial charge in [-0.1, -0.05) is 30.3 Å². The Labute approximate surface area is 198 Å². The van der Waals surface area contributed by atoms with Crippen LogP contribution in [0, 0.1) is 0 Å². The maximum atomic E-state index is 12.7. The van der Waals surface area contributed by atoms with Crippen LogP contribution in [0.5, 0.6) is 0 Å². The van der Waals surface area contributed by atoms with Crippen LogP contribution >= 0.6 is 11.8 Å². The van der Waals surface area contributed by atoms with Gasteiger partial charge in [0.2, 0.25) is 5.91 Å². The zero-order valence-corrected chi connectivity index (χ0v) is 19.6. The topological polar surface area (TPSA) is 87.7 Å². The monoisotopic (exact) mass is 483 g/mol. The first-order valence-corrected chi connectivity index (χ1v) is 13.0. The number of hydrogen-bond donors (Lipinski definition) is 2. The van der Waals surface area contributed by atoms with E-state index in [-0.39, 0.29) is 16.6 Å². The van der Waals surface area contributed by atoms with Gasteiger partial charge >= 0.3 is 0 Å². The molecule has 1 aliphatic rings. The number of carbonyl (C=O) groups excluding carboxylic acids is 1. The van der Waals surface area contributed by atoms with Gasteiger partial charge in [-0.3, -0.25) is 9.52 Å². The van der Waals surface area contributed by atoms with Gasteiger partial charge in [-0.15, -0.1) is 11.8 Å². The highest BCUT2D eigenvalue weighted by Crippen LogP contribution is 2.29. The van der Waals surface area contributed by atoms with Gasteiger partial charge in [-0.2, -0.15) is 0 Å². The fourth-order valence-electron chi connectivity index (χ4n) is 3.40. The summed E-state index contributed by atoms with van der Waals surface area (Å²) in [6.45, 7) is 3.16. The normalized spacial score (nSPS) is 14.0. The summed E-state index contributed by atoms with van der Waals surface area (Å²) in [7, 11) is -3.71. The van der Waals surface area contributed by atoms with Crippen molar-refractivity contribution >= 4 is 44.8 Å². The van der Waals surface area contributed by atoms with Gasteiger partial charge in [-0.25, -0.2) is 8.42 Å². The number of nitrogens with one attached hydrogen (secondary N) is 2. The van der Waals surface area contributed by atoms with Gasteiger partial charge in [0.1, 0.15) is 0 Å². The molecule has 33 heavy (non-hydrogen) atoms. The lowest BCUT2D eigenvalue weighted by molar-refractivity contribution is -0.113. The van der Waals surface area contributed by atoms with Crippen molar-refractivity contribution in [2.75, 3.05) is 47.0 Å². The van der Waals surface area contributed by atoms with Crippen molar-refractivity contribution in [2.45, 2.75) is 9.79 Å². The molecule has 0 bridgehead atoms. The Bertz CT molecular complexity index is 1180. The molecule has 1 heterocycles. The van der Waals surface area contributed by atoms with Crippen LogP contribution in [0.25, 0.3) is 0 Å². The van der Waals surface area contributed by atoms with E-state index in [1.807, 2.05) is 30.3 Å². The van der Waals surface area contributed by atoms with Gasteiger partial charge in [-0.05, 0) is 48.5 Å².